The van der Waals surface area contributed by atoms with Gasteiger partial charge in [0.05, 0.1) is 20.1 Å². The van der Waals surface area contributed by atoms with Gasteiger partial charge in [0.15, 0.2) is 0 Å². The maximum atomic E-state index is 11.1. The van der Waals surface area contributed by atoms with Gasteiger partial charge in [-0.05, 0) is 37.3 Å². The van der Waals surface area contributed by atoms with Gasteiger partial charge in [-0.2, -0.15) is 0 Å². The highest BCUT2D eigenvalue weighted by Gasteiger charge is 2.31. The molecule has 1 aromatic carbocycles. The van der Waals surface area contributed by atoms with Gasteiger partial charge in [-0.3, -0.25) is 4.79 Å². The fourth-order valence-electron chi connectivity index (χ4n) is 2.14. The smallest absolute Gasteiger partial charge is 0.323 e. The molecule has 0 amide bonds. The molecule has 0 saturated heterocycles. The topological polar surface area (TPSA) is 63.3 Å². The highest BCUT2D eigenvalue weighted by Crippen LogP contribution is 2.39. The van der Waals surface area contributed by atoms with Crippen molar-refractivity contribution in [3.63, 3.8) is 0 Å². The molecule has 1 rings (SSSR count). The average Bonchev–Trinajstić information content (AvgIpc) is 2.39. The summed E-state index contributed by atoms with van der Waals surface area (Å²) >= 11 is 24.4. The van der Waals surface area contributed by atoms with E-state index in [1.54, 1.807) is 0 Å². The second-order valence-electron chi connectivity index (χ2n) is 5.35. The van der Waals surface area contributed by atoms with Gasteiger partial charge in [0, 0.05) is 0 Å². The van der Waals surface area contributed by atoms with Crippen molar-refractivity contribution >= 4 is 52.4 Å². The van der Waals surface area contributed by atoms with E-state index in [2.05, 4.69) is 0 Å². The summed E-state index contributed by atoms with van der Waals surface area (Å²) in [5, 5.41) is 10.5. The summed E-state index contributed by atoms with van der Waals surface area (Å²) in [5.41, 5.74) is 5.13. The molecule has 0 bridgehead atoms. The van der Waals surface area contributed by atoms with Crippen molar-refractivity contribution in [1.29, 1.82) is 0 Å². The van der Waals surface area contributed by atoms with E-state index >= 15 is 0 Å². The zero-order chi connectivity index (χ0) is 16.4. The van der Waals surface area contributed by atoms with E-state index in [1.807, 2.05) is 6.92 Å². The highest BCUT2D eigenvalue weighted by atomic mass is 35.5. The number of carboxylic acids is 1. The summed E-state index contributed by atoms with van der Waals surface area (Å²) in [6.07, 6.45) is 1.50. The lowest BCUT2D eigenvalue weighted by molar-refractivity contribution is -0.143. The molecule has 2 unspecified atom stereocenters. The van der Waals surface area contributed by atoms with Gasteiger partial charge in [-0.15, -0.1) is 0 Å². The van der Waals surface area contributed by atoms with E-state index < -0.39 is 11.5 Å². The number of benzene rings is 1. The standard InChI is InChI=1S/C14H17Cl4NO2/c1-3-7(6-14(2,19)13(20)21)4-8-11(17)9(15)5-10(16)12(8)18/h5,7H,3-4,6,19H2,1-2H3,(H,20,21). The molecule has 0 aliphatic carbocycles. The lowest BCUT2D eigenvalue weighted by Crippen LogP contribution is -2.46. The zero-order valence-corrected chi connectivity index (χ0v) is 14.7. The number of hydrogen-bond acceptors (Lipinski definition) is 2. The second kappa shape index (κ2) is 7.38. The molecule has 0 aliphatic rings. The molecule has 0 spiro atoms. The first-order chi connectivity index (χ1) is 9.60. The van der Waals surface area contributed by atoms with E-state index in [0.29, 0.717) is 38.5 Å². The number of hydrogen-bond donors (Lipinski definition) is 2. The number of nitrogens with two attached hydrogens (primary N) is 1. The number of rotatable bonds is 6. The number of carbonyl (C=O) groups is 1. The van der Waals surface area contributed by atoms with Gasteiger partial charge in [0.2, 0.25) is 0 Å². The van der Waals surface area contributed by atoms with Crippen LogP contribution in [0, 0.1) is 5.92 Å². The molecule has 118 valence electrons. The third-order valence-electron chi connectivity index (χ3n) is 3.47. The molecule has 7 heteroatoms. The van der Waals surface area contributed by atoms with Gasteiger partial charge in [-0.25, -0.2) is 0 Å². The normalized spacial score (nSPS) is 15.6. The zero-order valence-electron chi connectivity index (χ0n) is 11.7. The lowest BCUT2D eigenvalue weighted by atomic mass is 9.84. The Kier molecular flexibility index (Phi) is 6.63. The Morgan fingerprint density at radius 2 is 1.76 bits per heavy atom. The van der Waals surface area contributed by atoms with Crippen molar-refractivity contribution in [2.24, 2.45) is 11.7 Å². The van der Waals surface area contributed by atoms with Crippen LogP contribution in [0.4, 0.5) is 0 Å². The Hall–Kier alpha value is -0.190. The number of halogens is 4. The largest absolute Gasteiger partial charge is 0.480 e. The molecular formula is C14H17Cl4NO2. The van der Waals surface area contributed by atoms with Crippen molar-refractivity contribution in [3.05, 3.63) is 31.7 Å². The molecule has 0 heterocycles. The fraction of sp³-hybridized carbons (Fsp3) is 0.500. The second-order valence-corrected chi connectivity index (χ2v) is 6.92. The average molecular weight is 373 g/mol. The molecule has 1 aromatic rings. The maximum Gasteiger partial charge on any atom is 0.323 e. The molecule has 0 saturated carbocycles. The molecule has 0 fully saturated rings. The Morgan fingerprint density at radius 1 is 1.29 bits per heavy atom. The minimum absolute atomic E-state index is 0.000586. The summed E-state index contributed by atoms with van der Waals surface area (Å²) in [5.74, 6) is -1.04. The molecule has 3 nitrogen and oxygen atoms in total. The van der Waals surface area contributed by atoms with Crippen LogP contribution in [-0.2, 0) is 11.2 Å². The predicted molar refractivity (Wildman–Crippen MR) is 88.8 cm³/mol. The monoisotopic (exact) mass is 371 g/mol. The van der Waals surface area contributed by atoms with E-state index in [1.165, 1.54) is 13.0 Å². The molecule has 3 N–H and O–H groups in total. The van der Waals surface area contributed by atoms with Crippen LogP contribution in [-0.4, -0.2) is 16.6 Å². The quantitative estimate of drug-likeness (QED) is 0.685. The number of aliphatic carboxylic acids is 1. The summed E-state index contributed by atoms with van der Waals surface area (Å²) in [7, 11) is 0. The highest BCUT2D eigenvalue weighted by molar-refractivity contribution is 6.48. The molecule has 21 heavy (non-hydrogen) atoms. The SMILES string of the molecule is CCC(Cc1c(Cl)c(Cl)cc(Cl)c1Cl)CC(C)(N)C(=O)O. The Morgan fingerprint density at radius 3 is 2.14 bits per heavy atom. The first-order valence-corrected chi connectivity index (χ1v) is 7.95. The van der Waals surface area contributed by atoms with Crippen LogP contribution >= 0.6 is 46.4 Å². The summed E-state index contributed by atoms with van der Waals surface area (Å²) in [6.45, 7) is 3.45. The lowest BCUT2D eigenvalue weighted by Gasteiger charge is -2.26. The van der Waals surface area contributed by atoms with Crippen molar-refractivity contribution < 1.29 is 9.90 Å². The molecule has 0 aromatic heterocycles. The maximum absolute atomic E-state index is 11.1. The molecule has 0 radical (unpaired) electrons. The Labute approximate surface area is 144 Å². The van der Waals surface area contributed by atoms with E-state index in [0.717, 1.165) is 6.42 Å². The first kappa shape index (κ1) is 18.9. The van der Waals surface area contributed by atoms with Crippen LogP contribution in [0.15, 0.2) is 6.07 Å². The van der Waals surface area contributed by atoms with Crippen LogP contribution in [0.5, 0.6) is 0 Å². The van der Waals surface area contributed by atoms with Gasteiger partial charge >= 0.3 is 5.97 Å². The van der Waals surface area contributed by atoms with Gasteiger partial charge < -0.3 is 10.8 Å². The first-order valence-electron chi connectivity index (χ1n) is 6.44. The van der Waals surface area contributed by atoms with E-state index in [4.69, 9.17) is 57.2 Å². The van der Waals surface area contributed by atoms with Crippen molar-refractivity contribution in [2.75, 3.05) is 0 Å². The Bertz CT molecular complexity index is 520. The number of carboxylic acid groups (broad SMARTS) is 1. The summed E-state index contributed by atoms with van der Waals surface area (Å²) < 4.78 is 0. The Balaban J connectivity index is 3.06. The van der Waals surface area contributed by atoms with Gasteiger partial charge in [-0.1, -0.05) is 59.7 Å². The van der Waals surface area contributed by atoms with Crippen LogP contribution < -0.4 is 5.73 Å². The molecular weight excluding hydrogens is 356 g/mol. The predicted octanol–water partition coefficient (Wildman–Crippen LogP) is 5.06. The van der Waals surface area contributed by atoms with Gasteiger partial charge in [0.1, 0.15) is 5.54 Å². The van der Waals surface area contributed by atoms with Crippen LogP contribution in [0.1, 0.15) is 32.3 Å². The van der Waals surface area contributed by atoms with E-state index in [9.17, 15) is 4.79 Å². The molecule has 0 aliphatic heterocycles. The van der Waals surface area contributed by atoms with E-state index in [-0.39, 0.29) is 5.92 Å². The summed E-state index contributed by atoms with van der Waals surface area (Å²) in [6, 6.07) is 1.49. The molecule has 2 atom stereocenters. The third-order valence-corrected chi connectivity index (χ3v) is 5.13. The van der Waals surface area contributed by atoms with Crippen LogP contribution in [0.25, 0.3) is 0 Å². The minimum Gasteiger partial charge on any atom is -0.480 e. The van der Waals surface area contributed by atoms with Crippen molar-refractivity contribution in [2.45, 2.75) is 38.6 Å². The van der Waals surface area contributed by atoms with Crippen LogP contribution in [0.3, 0.4) is 0 Å². The van der Waals surface area contributed by atoms with Crippen molar-refractivity contribution in [1.82, 2.24) is 0 Å². The summed E-state index contributed by atoms with van der Waals surface area (Å²) in [4.78, 5) is 11.1. The van der Waals surface area contributed by atoms with Crippen molar-refractivity contribution in [3.8, 4) is 0 Å². The fourth-order valence-corrected chi connectivity index (χ4v) is 3.14. The van der Waals surface area contributed by atoms with Gasteiger partial charge in [0.25, 0.3) is 0 Å². The third kappa shape index (κ3) is 4.64. The minimum atomic E-state index is -1.30. The van der Waals surface area contributed by atoms with Crippen LogP contribution in [0.2, 0.25) is 20.1 Å².